The van der Waals surface area contributed by atoms with E-state index in [-0.39, 0.29) is 11.8 Å². The molecule has 0 unspecified atom stereocenters. The standard InChI is InChI=1S/C16H18N2O2S/c1-11(19)17-12-6-4-7-13(10-12)18-15(20)16(2,3)14-8-5-9-21-14/h4-10H,1-3H3,(H,17,19)(H,18,20). The van der Waals surface area contributed by atoms with Gasteiger partial charge in [0.05, 0.1) is 5.41 Å². The number of hydrogen-bond donors (Lipinski definition) is 2. The molecule has 2 aromatic rings. The number of amides is 2. The van der Waals surface area contributed by atoms with Crippen molar-refractivity contribution in [1.82, 2.24) is 0 Å². The third-order valence-corrected chi connectivity index (χ3v) is 4.34. The zero-order chi connectivity index (χ0) is 15.5. The fourth-order valence-corrected chi connectivity index (χ4v) is 2.76. The van der Waals surface area contributed by atoms with Crippen LogP contribution in [0.25, 0.3) is 0 Å². The third kappa shape index (κ3) is 3.70. The van der Waals surface area contributed by atoms with Crippen LogP contribution in [-0.2, 0) is 15.0 Å². The Hall–Kier alpha value is -2.14. The van der Waals surface area contributed by atoms with Gasteiger partial charge in [-0.3, -0.25) is 9.59 Å². The average molecular weight is 302 g/mol. The second-order valence-electron chi connectivity index (χ2n) is 5.32. The number of nitrogens with one attached hydrogen (secondary N) is 2. The normalized spacial score (nSPS) is 11.0. The molecule has 2 rings (SSSR count). The van der Waals surface area contributed by atoms with Gasteiger partial charge in [-0.1, -0.05) is 12.1 Å². The summed E-state index contributed by atoms with van der Waals surface area (Å²) < 4.78 is 0. The van der Waals surface area contributed by atoms with Gasteiger partial charge in [-0.15, -0.1) is 11.3 Å². The summed E-state index contributed by atoms with van der Waals surface area (Å²) in [5, 5.41) is 7.56. The summed E-state index contributed by atoms with van der Waals surface area (Å²) in [6.45, 7) is 5.24. The Bertz CT molecular complexity index is 648. The number of thiophene rings is 1. The molecule has 4 nitrogen and oxygen atoms in total. The molecule has 0 spiro atoms. The van der Waals surface area contributed by atoms with Crippen LogP contribution in [0.1, 0.15) is 25.6 Å². The monoisotopic (exact) mass is 302 g/mol. The fourth-order valence-electron chi connectivity index (χ4n) is 1.91. The lowest BCUT2D eigenvalue weighted by atomic mass is 9.90. The topological polar surface area (TPSA) is 58.2 Å². The molecule has 0 aliphatic heterocycles. The Morgan fingerprint density at radius 2 is 1.71 bits per heavy atom. The number of anilines is 2. The average Bonchev–Trinajstić information content (AvgIpc) is 2.92. The zero-order valence-electron chi connectivity index (χ0n) is 12.3. The van der Waals surface area contributed by atoms with Gasteiger partial charge in [-0.05, 0) is 43.5 Å². The van der Waals surface area contributed by atoms with Gasteiger partial charge in [0.25, 0.3) is 0 Å². The van der Waals surface area contributed by atoms with E-state index in [1.807, 2.05) is 31.4 Å². The first-order valence-corrected chi connectivity index (χ1v) is 7.50. The van der Waals surface area contributed by atoms with Crippen LogP contribution in [0.5, 0.6) is 0 Å². The Labute approximate surface area is 128 Å². The van der Waals surface area contributed by atoms with E-state index in [9.17, 15) is 9.59 Å². The first-order valence-electron chi connectivity index (χ1n) is 6.62. The SMILES string of the molecule is CC(=O)Nc1cccc(NC(=O)C(C)(C)c2cccs2)c1. The Morgan fingerprint density at radius 1 is 1.05 bits per heavy atom. The van der Waals surface area contributed by atoms with E-state index in [0.29, 0.717) is 11.4 Å². The second kappa shape index (κ2) is 6.10. The molecule has 0 aliphatic carbocycles. The van der Waals surface area contributed by atoms with Gasteiger partial charge in [-0.25, -0.2) is 0 Å². The van der Waals surface area contributed by atoms with E-state index in [4.69, 9.17) is 0 Å². The van der Waals surface area contributed by atoms with Crippen molar-refractivity contribution < 1.29 is 9.59 Å². The molecule has 0 radical (unpaired) electrons. The van der Waals surface area contributed by atoms with Gasteiger partial charge in [-0.2, -0.15) is 0 Å². The molecular formula is C16H18N2O2S. The lowest BCUT2D eigenvalue weighted by molar-refractivity contribution is -0.120. The quantitative estimate of drug-likeness (QED) is 0.906. The minimum atomic E-state index is -0.599. The van der Waals surface area contributed by atoms with Crippen molar-refractivity contribution in [3.63, 3.8) is 0 Å². The van der Waals surface area contributed by atoms with Gasteiger partial charge in [0, 0.05) is 23.2 Å². The van der Waals surface area contributed by atoms with Gasteiger partial charge in [0.15, 0.2) is 0 Å². The number of carbonyl (C=O) groups is 2. The molecule has 2 N–H and O–H groups in total. The molecule has 0 saturated heterocycles. The maximum Gasteiger partial charge on any atom is 0.235 e. The van der Waals surface area contributed by atoms with Crippen LogP contribution in [-0.4, -0.2) is 11.8 Å². The minimum absolute atomic E-state index is 0.0788. The van der Waals surface area contributed by atoms with Crippen molar-refractivity contribution in [2.24, 2.45) is 0 Å². The molecule has 110 valence electrons. The lowest BCUT2D eigenvalue weighted by Crippen LogP contribution is -2.33. The number of benzene rings is 1. The van der Waals surface area contributed by atoms with Crippen molar-refractivity contribution in [3.8, 4) is 0 Å². The highest BCUT2D eigenvalue weighted by molar-refractivity contribution is 7.10. The number of rotatable bonds is 4. The summed E-state index contributed by atoms with van der Waals surface area (Å²) in [4.78, 5) is 24.6. The summed E-state index contributed by atoms with van der Waals surface area (Å²) >= 11 is 1.56. The molecule has 0 bridgehead atoms. The van der Waals surface area contributed by atoms with Crippen LogP contribution >= 0.6 is 11.3 Å². The highest BCUT2D eigenvalue weighted by atomic mass is 32.1. The molecule has 21 heavy (non-hydrogen) atoms. The fraction of sp³-hybridized carbons (Fsp3) is 0.250. The van der Waals surface area contributed by atoms with Crippen molar-refractivity contribution in [3.05, 3.63) is 46.7 Å². The first-order chi connectivity index (χ1) is 9.89. The van der Waals surface area contributed by atoms with E-state index in [0.717, 1.165) is 4.88 Å². The highest BCUT2D eigenvalue weighted by Crippen LogP contribution is 2.29. The smallest absolute Gasteiger partial charge is 0.235 e. The van der Waals surface area contributed by atoms with E-state index in [2.05, 4.69) is 10.6 Å². The van der Waals surface area contributed by atoms with E-state index in [1.54, 1.807) is 35.6 Å². The Morgan fingerprint density at radius 3 is 2.29 bits per heavy atom. The van der Waals surface area contributed by atoms with Crippen LogP contribution < -0.4 is 10.6 Å². The largest absolute Gasteiger partial charge is 0.326 e. The maximum absolute atomic E-state index is 12.5. The molecule has 5 heteroatoms. The molecule has 0 aliphatic rings. The summed E-state index contributed by atoms with van der Waals surface area (Å²) in [5.74, 6) is -0.220. The summed E-state index contributed by atoms with van der Waals surface area (Å²) in [6.07, 6.45) is 0. The lowest BCUT2D eigenvalue weighted by Gasteiger charge is -2.22. The predicted octanol–water partition coefficient (Wildman–Crippen LogP) is 3.62. The summed E-state index contributed by atoms with van der Waals surface area (Å²) in [5.41, 5.74) is 0.725. The van der Waals surface area contributed by atoms with E-state index in [1.165, 1.54) is 6.92 Å². The number of carbonyl (C=O) groups excluding carboxylic acids is 2. The van der Waals surface area contributed by atoms with Crippen LogP contribution in [0.15, 0.2) is 41.8 Å². The first kappa shape index (κ1) is 15.3. The van der Waals surface area contributed by atoms with Crippen LogP contribution in [0.4, 0.5) is 11.4 Å². The maximum atomic E-state index is 12.5. The Balaban J connectivity index is 2.14. The minimum Gasteiger partial charge on any atom is -0.326 e. The summed E-state index contributed by atoms with van der Waals surface area (Å²) in [6, 6.07) is 11.0. The highest BCUT2D eigenvalue weighted by Gasteiger charge is 2.30. The van der Waals surface area contributed by atoms with Crippen molar-refractivity contribution >= 4 is 34.5 Å². The van der Waals surface area contributed by atoms with Gasteiger partial charge < -0.3 is 10.6 Å². The zero-order valence-corrected chi connectivity index (χ0v) is 13.1. The second-order valence-corrected chi connectivity index (χ2v) is 6.27. The molecule has 1 aromatic heterocycles. The number of hydrogen-bond acceptors (Lipinski definition) is 3. The molecular weight excluding hydrogens is 284 g/mol. The molecule has 1 heterocycles. The molecule has 0 saturated carbocycles. The van der Waals surface area contributed by atoms with Crippen LogP contribution in [0.3, 0.4) is 0 Å². The molecule has 0 atom stereocenters. The van der Waals surface area contributed by atoms with Crippen LogP contribution in [0.2, 0.25) is 0 Å². The van der Waals surface area contributed by atoms with Crippen LogP contribution in [0, 0.1) is 0 Å². The van der Waals surface area contributed by atoms with Gasteiger partial charge >= 0.3 is 0 Å². The van der Waals surface area contributed by atoms with E-state index < -0.39 is 5.41 Å². The predicted molar refractivity (Wildman–Crippen MR) is 86.7 cm³/mol. The third-order valence-electron chi connectivity index (χ3n) is 3.15. The van der Waals surface area contributed by atoms with Gasteiger partial charge in [0.2, 0.25) is 11.8 Å². The molecule has 2 amide bonds. The molecule has 1 aromatic carbocycles. The summed E-state index contributed by atoms with van der Waals surface area (Å²) in [7, 11) is 0. The van der Waals surface area contributed by atoms with Crippen molar-refractivity contribution in [2.45, 2.75) is 26.2 Å². The van der Waals surface area contributed by atoms with Crippen molar-refractivity contribution in [1.29, 1.82) is 0 Å². The van der Waals surface area contributed by atoms with Crippen molar-refractivity contribution in [2.75, 3.05) is 10.6 Å². The molecule has 0 fully saturated rings. The Kier molecular flexibility index (Phi) is 4.43. The van der Waals surface area contributed by atoms with Gasteiger partial charge in [0.1, 0.15) is 0 Å². The van der Waals surface area contributed by atoms with E-state index >= 15 is 0 Å².